The maximum absolute atomic E-state index is 14.1. The summed E-state index contributed by atoms with van der Waals surface area (Å²) in [6.45, 7) is 0. The topological polar surface area (TPSA) is 70.7 Å². The van der Waals surface area contributed by atoms with Crippen molar-refractivity contribution in [2.45, 2.75) is 12.0 Å². The van der Waals surface area contributed by atoms with Crippen LogP contribution in [0.15, 0.2) is 71.8 Å². The van der Waals surface area contributed by atoms with Crippen LogP contribution in [0.25, 0.3) is 10.8 Å². The zero-order valence-electron chi connectivity index (χ0n) is 14.2. The lowest BCUT2D eigenvalue weighted by atomic mass is 9.80. The van der Waals surface area contributed by atoms with Crippen LogP contribution in [0, 0.1) is 5.82 Å². The standard InChI is InChI=1S/C21H15FN4O/c22-14-10-15-18-16(11-14)24-19(13-6-8-23-9-7-13)17(12-4-2-1-3-5-12)20(18)25-26-21(15)27/h1-11,17,19,24H,(H,26,27). The highest BCUT2D eigenvalue weighted by Crippen LogP contribution is 2.46. The Labute approximate surface area is 153 Å². The fraction of sp³-hybridized carbons (Fsp3) is 0.0952. The Kier molecular flexibility index (Phi) is 3.50. The molecule has 2 aromatic carbocycles. The van der Waals surface area contributed by atoms with Crippen LogP contribution in [0.3, 0.4) is 0 Å². The third-order valence-electron chi connectivity index (χ3n) is 5.04. The van der Waals surface area contributed by atoms with E-state index in [2.05, 4.69) is 20.5 Å². The van der Waals surface area contributed by atoms with Crippen molar-refractivity contribution < 1.29 is 4.39 Å². The van der Waals surface area contributed by atoms with Gasteiger partial charge < -0.3 is 5.32 Å². The summed E-state index contributed by atoms with van der Waals surface area (Å²) in [5.41, 5.74) is 2.97. The third-order valence-corrected chi connectivity index (χ3v) is 5.04. The number of anilines is 1. The molecule has 1 aliphatic heterocycles. The van der Waals surface area contributed by atoms with Gasteiger partial charge in [0.25, 0.3) is 5.56 Å². The lowest BCUT2D eigenvalue weighted by Gasteiger charge is -2.34. The molecule has 0 saturated heterocycles. The first-order valence-electron chi connectivity index (χ1n) is 8.65. The number of pyridine rings is 1. The normalized spacial score (nSPS) is 18.3. The summed E-state index contributed by atoms with van der Waals surface area (Å²) in [6.07, 6.45) is 3.46. The Morgan fingerprint density at radius 1 is 0.963 bits per heavy atom. The molecule has 2 aromatic heterocycles. The SMILES string of the molecule is O=c1[nH]nc2c3c(cc(F)cc13)NC(c1ccncc1)C2c1ccccc1. The fourth-order valence-corrected chi connectivity index (χ4v) is 3.89. The van der Waals surface area contributed by atoms with Crippen LogP contribution in [0.5, 0.6) is 0 Å². The highest BCUT2D eigenvalue weighted by molar-refractivity contribution is 5.97. The second-order valence-electron chi connectivity index (χ2n) is 6.60. The van der Waals surface area contributed by atoms with E-state index in [4.69, 9.17) is 0 Å². The summed E-state index contributed by atoms with van der Waals surface area (Å²) >= 11 is 0. The minimum Gasteiger partial charge on any atom is -0.377 e. The number of aromatic amines is 1. The van der Waals surface area contributed by atoms with Crippen molar-refractivity contribution in [3.8, 4) is 0 Å². The zero-order chi connectivity index (χ0) is 18.4. The van der Waals surface area contributed by atoms with E-state index in [-0.39, 0.29) is 12.0 Å². The van der Waals surface area contributed by atoms with Gasteiger partial charge in [-0.15, -0.1) is 0 Å². The first-order valence-corrected chi connectivity index (χ1v) is 8.65. The van der Waals surface area contributed by atoms with Gasteiger partial charge in [0, 0.05) is 23.5 Å². The van der Waals surface area contributed by atoms with Crippen LogP contribution >= 0.6 is 0 Å². The molecule has 5 nitrogen and oxygen atoms in total. The molecule has 0 saturated carbocycles. The first kappa shape index (κ1) is 15.7. The van der Waals surface area contributed by atoms with E-state index in [1.807, 2.05) is 42.5 Å². The van der Waals surface area contributed by atoms with Crippen LogP contribution < -0.4 is 10.9 Å². The second-order valence-corrected chi connectivity index (χ2v) is 6.60. The number of nitrogens with one attached hydrogen (secondary N) is 2. The van der Waals surface area contributed by atoms with Crippen LogP contribution in [-0.4, -0.2) is 15.2 Å². The van der Waals surface area contributed by atoms with Gasteiger partial charge in [-0.2, -0.15) is 5.10 Å². The molecule has 6 heteroatoms. The van der Waals surface area contributed by atoms with Gasteiger partial charge in [0.2, 0.25) is 0 Å². The Bertz CT molecular complexity index is 1190. The minimum atomic E-state index is -0.459. The van der Waals surface area contributed by atoms with Gasteiger partial charge in [-0.05, 0) is 35.4 Å². The van der Waals surface area contributed by atoms with Gasteiger partial charge in [-0.25, -0.2) is 9.49 Å². The number of H-pyrrole nitrogens is 1. The highest BCUT2D eigenvalue weighted by Gasteiger charge is 2.35. The van der Waals surface area contributed by atoms with Crippen molar-refractivity contribution in [1.82, 2.24) is 15.2 Å². The molecule has 3 heterocycles. The molecule has 27 heavy (non-hydrogen) atoms. The molecular formula is C21H15FN4O. The van der Waals surface area contributed by atoms with Gasteiger partial charge >= 0.3 is 0 Å². The van der Waals surface area contributed by atoms with E-state index >= 15 is 0 Å². The quantitative estimate of drug-likeness (QED) is 0.572. The Hall–Kier alpha value is -3.54. The van der Waals surface area contributed by atoms with Gasteiger partial charge in [0.1, 0.15) is 5.82 Å². The number of halogens is 1. The molecule has 0 amide bonds. The molecule has 2 N–H and O–H groups in total. The number of hydrogen-bond donors (Lipinski definition) is 2. The predicted octanol–water partition coefficient (Wildman–Crippen LogP) is 3.76. The smallest absolute Gasteiger partial charge is 0.272 e. The molecule has 5 rings (SSSR count). The van der Waals surface area contributed by atoms with Crippen molar-refractivity contribution in [1.29, 1.82) is 0 Å². The Morgan fingerprint density at radius 2 is 1.74 bits per heavy atom. The summed E-state index contributed by atoms with van der Waals surface area (Å²) in [5, 5.41) is 11.3. The van der Waals surface area contributed by atoms with Crippen LogP contribution in [0.4, 0.5) is 10.1 Å². The summed E-state index contributed by atoms with van der Waals surface area (Å²) in [7, 11) is 0. The number of hydrogen-bond acceptors (Lipinski definition) is 4. The molecule has 2 unspecified atom stereocenters. The van der Waals surface area contributed by atoms with Crippen LogP contribution in [0.2, 0.25) is 0 Å². The van der Waals surface area contributed by atoms with E-state index in [0.717, 1.165) is 16.8 Å². The molecule has 1 aliphatic rings. The molecule has 0 aliphatic carbocycles. The number of benzene rings is 2. The first-order chi connectivity index (χ1) is 13.2. The molecule has 4 aromatic rings. The predicted molar refractivity (Wildman–Crippen MR) is 101 cm³/mol. The average molecular weight is 358 g/mol. The van der Waals surface area contributed by atoms with Gasteiger partial charge in [-0.3, -0.25) is 9.78 Å². The van der Waals surface area contributed by atoms with Crippen molar-refractivity contribution in [2.24, 2.45) is 0 Å². The monoisotopic (exact) mass is 358 g/mol. The van der Waals surface area contributed by atoms with Crippen molar-refractivity contribution in [3.05, 3.63) is 100.0 Å². The lowest BCUT2D eigenvalue weighted by Crippen LogP contribution is -2.28. The Morgan fingerprint density at radius 3 is 2.52 bits per heavy atom. The van der Waals surface area contributed by atoms with Gasteiger partial charge in [0.05, 0.1) is 23.0 Å². The summed E-state index contributed by atoms with van der Waals surface area (Å²) < 4.78 is 14.1. The van der Waals surface area contributed by atoms with Gasteiger partial charge in [-0.1, -0.05) is 30.3 Å². The third kappa shape index (κ3) is 2.49. The molecular weight excluding hydrogens is 343 g/mol. The Balaban J connectivity index is 1.83. The lowest BCUT2D eigenvalue weighted by molar-refractivity contribution is 0.618. The average Bonchev–Trinajstić information content (AvgIpc) is 2.71. The summed E-state index contributed by atoms with van der Waals surface area (Å²) in [4.78, 5) is 16.3. The number of nitrogens with zero attached hydrogens (tertiary/aromatic N) is 2. The maximum atomic E-state index is 14.1. The second kappa shape index (κ2) is 6.02. The molecule has 0 bridgehead atoms. The van der Waals surface area contributed by atoms with E-state index in [1.54, 1.807) is 12.4 Å². The number of rotatable bonds is 2. The van der Waals surface area contributed by atoms with Crippen molar-refractivity contribution in [3.63, 3.8) is 0 Å². The maximum Gasteiger partial charge on any atom is 0.272 e. The minimum absolute atomic E-state index is 0.147. The van der Waals surface area contributed by atoms with E-state index in [1.165, 1.54) is 12.1 Å². The molecule has 0 fully saturated rings. The highest BCUT2D eigenvalue weighted by atomic mass is 19.1. The molecule has 132 valence electrons. The van der Waals surface area contributed by atoms with Crippen LogP contribution in [0.1, 0.15) is 28.8 Å². The summed E-state index contributed by atoms with van der Waals surface area (Å²) in [5.74, 6) is -0.606. The number of aromatic nitrogens is 3. The van der Waals surface area contributed by atoms with Crippen LogP contribution in [-0.2, 0) is 0 Å². The molecule has 0 radical (unpaired) electrons. The van der Waals surface area contributed by atoms with E-state index in [9.17, 15) is 9.18 Å². The largest absolute Gasteiger partial charge is 0.377 e. The van der Waals surface area contributed by atoms with E-state index < -0.39 is 11.4 Å². The molecule has 2 atom stereocenters. The van der Waals surface area contributed by atoms with E-state index in [0.29, 0.717) is 16.5 Å². The van der Waals surface area contributed by atoms with Crippen molar-refractivity contribution >= 4 is 16.5 Å². The fourth-order valence-electron chi connectivity index (χ4n) is 3.89. The van der Waals surface area contributed by atoms with Crippen molar-refractivity contribution in [2.75, 3.05) is 5.32 Å². The summed E-state index contributed by atoms with van der Waals surface area (Å²) in [6, 6.07) is 16.3. The zero-order valence-corrected chi connectivity index (χ0v) is 14.2. The van der Waals surface area contributed by atoms with Gasteiger partial charge in [0.15, 0.2) is 0 Å². The molecule has 0 spiro atoms.